The molecule has 0 spiro atoms. The van der Waals surface area contributed by atoms with Crippen molar-refractivity contribution in [1.29, 1.82) is 0 Å². The van der Waals surface area contributed by atoms with Gasteiger partial charge in [-0.05, 0) is 12.5 Å². The molecule has 92 valence electrons. The van der Waals surface area contributed by atoms with Gasteiger partial charge in [0, 0.05) is 11.0 Å². The van der Waals surface area contributed by atoms with E-state index in [2.05, 4.69) is 0 Å². The fraction of sp³-hybridized carbons (Fsp3) is 0.188. The lowest BCUT2D eigenvalue weighted by Crippen LogP contribution is -2.21. The van der Waals surface area contributed by atoms with Gasteiger partial charge in [0.15, 0.2) is 5.78 Å². The second kappa shape index (κ2) is 5.61. The highest BCUT2D eigenvalue weighted by Crippen LogP contribution is 2.29. The summed E-state index contributed by atoms with van der Waals surface area (Å²) in [5.41, 5.74) is 0.233. The molecular weight excluding hydrogens is 224 g/mol. The first kappa shape index (κ1) is 12.5. The number of aliphatic hydroxyl groups excluding tert-OH is 1. The zero-order valence-corrected chi connectivity index (χ0v) is 10.1. The van der Waals surface area contributed by atoms with Crippen molar-refractivity contribution in [2.75, 3.05) is 6.61 Å². The molecule has 0 saturated heterocycles. The summed E-state index contributed by atoms with van der Waals surface area (Å²) in [5.74, 6) is -0.0358. The van der Waals surface area contributed by atoms with Gasteiger partial charge in [-0.3, -0.25) is 4.79 Å². The van der Waals surface area contributed by atoms with Crippen LogP contribution in [0.15, 0.2) is 66.8 Å². The zero-order valence-electron chi connectivity index (χ0n) is 10.1. The Morgan fingerprint density at radius 1 is 1.28 bits per heavy atom. The second-order valence-electron chi connectivity index (χ2n) is 4.45. The quantitative estimate of drug-likeness (QED) is 0.649. The van der Waals surface area contributed by atoms with Crippen molar-refractivity contribution in [3.63, 3.8) is 0 Å². The van der Waals surface area contributed by atoms with Crippen LogP contribution in [0.25, 0.3) is 0 Å². The van der Waals surface area contributed by atoms with E-state index in [-0.39, 0.29) is 12.4 Å². The number of carbonyl (C=O) groups is 1. The number of aliphatic hydroxyl groups is 1. The van der Waals surface area contributed by atoms with Gasteiger partial charge in [-0.1, -0.05) is 60.7 Å². The van der Waals surface area contributed by atoms with Crippen molar-refractivity contribution < 1.29 is 9.90 Å². The topological polar surface area (TPSA) is 37.3 Å². The summed E-state index contributed by atoms with van der Waals surface area (Å²) < 4.78 is 0. The summed E-state index contributed by atoms with van der Waals surface area (Å²) in [6.45, 7) is 0.00636. The van der Waals surface area contributed by atoms with E-state index in [1.54, 1.807) is 24.3 Å². The molecule has 1 N–H and O–H groups in total. The minimum Gasteiger partial charge on any atom is -0.395 e. The van der Waals surface area contributed by atoms with Crippen LogP contribution in [-0.4, -0.2) is 17.5 Å². The van der Waals surface area contributed by atoms with E-state index in [1.807, 2.05) is 42.5 Å². The largest absolute Gasteiger partial charge is 0.395 e. The molecule has 18 heavy (non-hydrogen) atoms. The third-order valence-corrected chi connectivity index (χ3v) is 3.09. The van der Waals surface area contributed by atoms with Crippen LogP contribution >= 0.6 is 0 Å². The molecular formula is C16H16O2. The Morgan fingerprint density at radius 3 is 2.67 bits per heavy atom. The molecule has 1 aliphatic carbocycles. The van der Waals surface area contributed by atoms with Crippen molar-refractivity contribution in [2.45, 2.75) is 6.42 Å². The second-order valence-corrected chi connectivity index (χ2v) is 4.45. The number of carbonyl (C=O) groups excluding carboxylic acids is 1. The highest BCUT2D eigenvalue weighted by Gasteiger charge is 2.23. The molecule has 0 fully saturated rings. The van der Waals surface area contributed by atoms with Gasteiger partial charge in [-0.25, -0.2) is 0 Å². The van der Waals surface area contributed by atoms with Crippen LogP contribution in [0.5, 0.6) is 0 Å². The number of hydrogen-bond donors (Lipinski definition) is 1. The summed E-state index contributed by atoms with van der Waals surface area (Å²) >= 11 is 0. The molecule has 1 atom stereocenters. The summed E-state index contributed by atoms with van der Waals surface area (Å²) in [7, 11) is 0. The number of ketones is 1. The van der Waals surface area contributed by atoms with Crippen molar-refractivity contribution in [3.8, 4) is 0 Å². The lowest BCUT2D eigenvalue weighted by Gasteiger charge is -2.24. The van der Waals surface area contributed by atoms with Crippen molar-refractivity contribution in [1.82, 2.24) is 0 Å². The van der Waals surface area contributed by atoms with Gasteiger partial charge in [-0.15, -0.1) is 0 Å². The van der Waals surface area contributed by atoms with Crippen LogP contribution in [0.3, 0.4) is 0 Å². The predicted molar refractivity (Wildman–Crippen MR) is 72.3 cm³/mol. The van der Waals surface area contributed by atoms with Crippen molar-refractivity contribution >= 4 is 5.78 Å². The minimum absolute atomic E-state index is 0.00636. The Kier molecular flexibility index (Phi) is 3.90. The van der Waals surface area contributed by atoms with E-state index in [0.29, 0.717) is 5.56 Å². The zero-order chi connectivity index (χ0) is 12.8. The highest BCUT2D eigenvalue weighted by molar-refractivity contribution is 6.04. The van der Waals surface area contributed by atoms with E-state index < -0.39 is 5.41 Å². The predicted octanol–water partition coefficient (Wildman–Crippen LogP) is 2.92. The van der Waals surface area contributed by atoms with Gasteiger partial charge >= 0.3 is 0 Å². The average molecular weight is 240 g/mol. The fourth-order valence-corrected chi connectivity index (χ4v) is 1.92. The van der Waals surface area contributed by atoms with Gasteiger partial charge in [0.1, 0.15) is 0 Å². The van der Waals surface area contributed by atoms with Gasteiger partial charge in [0.25, 0.3) is 0 Å². The maximum absolute atomic E-state index is 11.9. The van der Waals surface area contributed by atoms with Gasteiger partial charge in [-0.2, -0.15) is 0 Å². The van der Waals surface area contributed by atoms with Crippen molar-refractivity contribution in [2.24, 2.45) is 5.41 Å². The molecule has 2 heteroatoms. The Morgan fingerprint density at radius 2 is 2.06 bits per heavy atom. The molecule has 0 amide bonds. The molecule has 0 saturated carbocycles. The molecule has 1 aromatic carbocycles. The Bertz CT molecular complexity index is 497. The monoisotopic (exact) mass is 240 g/mol. The van der Waals surface area contributed by atoms with E-state index >= 15 is 0 Å². The third kappa shape index (κ3) is 2.84. The van der Waals surface area contributed by atoms with Gasteiger partial charge < -0.3 is 5.11 Å². The molecule has 0 aromatic heterocycles. The lowest BCUT2D eigenvalue weighted by atomic mass is 9.82. The maximum atomic E-state index is 11.9. The van der Waals surface area contributed by atoms with Crippen LogP contribution in [0.2, 0.25) is 0 Å². The van der Waals surface area contributed by atoms with Crippen LogP contribution in [0.4, 0.5) is 0 Å². The summed E-state index contributed by atoms with van der Waals surface area (Å²) in [4.78, 5) is 11.9. The van der Waals surface area contributed by atoms with Crippen LogP contribution in [0, 0.1) is 5.41 Å². The molecule has 0 bridgehead atoms. The Labute approximate surface area is 107 Å². The molecule has 2 nitrogen and oxygen atoms in total. The minimum atomic E-state index is -0.431. The van der Waals surface area contributed by atoms with Gasteiger partial charge in [0.2, 0.25) is 0 Å². The van der Waals surface area contributed by atoms with E-state index in [0.717, 1.165) is 6.42 Å². The molecule has 0 heterocycles. The third-order valence-electron chi connectivity index (χ3n) is 3.09. The fourth-order valence-electron chi connectivity index (χ4n) is 1.92. The molecule has 1 aliphatic rings. The first-order valence-electron chi connectivity index (χ1n) is 6.00. The number of rotatable bonds is 4. The SMILES string of the molecule is O=C(C=CC1(CO)C=CC=CC1)c1ccccc1. The van der Waals surface area contributed by atoms with Crippen LogP contribution in [0.1, 0.15) is 16.8 Å². The maximum Gasteiger partial charge on any atom is 0.185 e. The number of benzene rings is 1. The summed E-state index contributed by atoms with van der Waals surface area (Å²) in [6.07, 6.45) is 11.8. The van der Waals surface area contributed by atoms with E-state index in [4.69, 9.17) is 0 Å². The van der Waals surface area contributed by atoms with E-state index in [9.17, 15) is 9.90 Å². The number of hydrogen-bond acceptors (Lipinski definition) is 2. The smallest absolute Gasteiger partial charge is 0.185 e. The standard InChI is InChI=1S/C16H16O2/c17-13-16(10-5-2-6-11-16)12-9-15(18)14-7-3-1-4-8-14/h1-10,12,17H,11,13H2. The first-order chi connectivity index (χ1) is 8.76. The summed E-state index contributed by atoms with van der Waals surface area (Å²) in [5, 5.41) is 9.48. The molecule has 1 unspecified atom stereocenters. The first-order valence-corrected chi connectivity index (χ1v) is 6.00. The van der Waals surface area contributed by atoms with Crippen LogP contribution < -0.4 is 0 Å². The summed E-state index contributed by atoms with van der Waals surface area (Å²) in [6, 6.07) is 9.13. The molecule has 2 rings (SSSR count). The normalized spacial score (nSPS) is 22.5. The van der Waals surface area contributed by atoms with Crippen LogP contribution in [-0.2, 0) is 0 Å². The molecule has 1 aromatic rings. The highest BCUT2D eigenvalue weighted by atomic mass is 16.3. The Hall–Kier alpha value is -1.93. The Balaban J connectivity index is 2.13. The average Bonchev–Trinajstić information content (AvgIpc) is 2.47. The molecule has 0 aliphatic heterocycles. The lowest BCUT2D eigenvalue weighted by molar-refractivity contribution is 0.104. The van der Waals surface area contributed by atoms with Crippen molar-refractivity contribution in [3.05, 3.63) is 72.4 Å². The van der Waals surface area contributed by atoms with E-state index in [1.165, 1.54) is 0 Å². The van der Waals surface area contributed by atoms with Gasteiger partial charge in [0.05, 0.1) is 6.61 Å². The molecule has 0 radical (unpaired) electrons. The number of allylic oxidation sites excluding steroid dienone is 4.